The average Bonchev–Trinajstić information content (AvgIpc) is 2.60. The van der Waals surface area contributed by atoms with Crippen molar-refractivity contribution in [2.24, 2.45) is 0 Å². The van der Waals surface area contributed by atoms with Gasteiger partial charge < -0.3 is 0 Å². The molecule has 0 aliphatic heterocycles. The molecule has 0 aliphatic carbocycles. The molecule has 0 bridgehead atoms. The summed E-state index contributed by atoms with van der Waals surface area (Å²) in [6, 6.07) is 2.69. The summed E-state index contributed by atoms with van der Waals surface area (Å²) in [5.41, 5.74) is 0.0741. The van der Waals surface area contributed by atoms with Crippen molar-refractivity contribution < 1.29 is 22.4 Å². The van der Waals surface area contributed by atoms with Crippen molar-refractivity contribution >= 4 is 44.0 Å². The van der Waals surface area contributed by atoms with Gasteiger partial charge in [-0.1, -0.05) is 0 Å². The van der Waals surface area contributed by atoms with E-state index < -0.39 is 15.3 Å². The third-order valence-corrected chi connectivity index (χ3v) is 4.29. The van der Waals surface area contributed by atoms with Crippen LogP contribution >= 0.6 is 0 Å². The molecule has 1 heterocycles. The van der Waals surface area contributed by atoms with Gasteiger partial charge in [0, 0.05) is 24.5 Å². The molecule has 1 aromatic heterocycles. The number of nitro groups is 1. The van der Waals surface area contributed by atoms with Gasteiger partial charge in [-0.15, -0.1) is 0 Å². The summed E-state index contributed by atoms with van der Waals surface area (Å²) in [5, 5.41) is 9.98. The molecule has 2 N–H and O–H groups in total. The van der Waals surface area contributed by atoms with Crippen molar-refractivity contribution in [3.8, 4) is 0 Å². The van der Waals surface area contributed by atoms with Crippen LogP contribution in [0.3, 0.4) is 0 Å². The predicted molar refractivity (Wildman–Crippen MR) is 107 cm³/mol. The summed E-state index contributed by atoms with van der Waals surface area (Å²) in [6.07, 6.45) is 17.5. The van der Waals surface area contributed by atoms with Crippen LogP contribution in [0, 0.1) is 10.1 Å². The standard InChI is InChI=1S/C12H25.C5H4N2O2.Na.H2O4S/c1-3-5-7-9-11-12-10-8-6-4-2;8-7(9)5-1-3-6-4-2-5;;1-5(2,3)4/h1,3-12H2,2H3;1-4H;;(H2,1,2,3,4). The van der Waals surface area contributed by atoms with E-state index in [9.17, 15) is 10.1 Å². The van der Waals surface area contributed by atoms with Gasteiger partial charge in [0.25, 0.3) is 5.69 Å². The van der Waals surface area contributed by atoms with Crippen LogP contribution in [0.4, 0.5) is 5.69 Å². The van der Waals surface area contributed by atoms with Crippen LogP contribution in [0.1, 0.15) is 71.1 Å². The molecule has 0 atom stereocenters. The Balaban J connectivity index is 0. The summed E-state index contributed by atoms with van der Waals surface area (Å²) in [7, 11) is -4.67. The maximum atomic E-state index is 9.98. The van der Waals surface area contributed by atoms with Crippen LogP contribution < -0.4 is 0 Å². The van der Waals surface area contributed by atoms with Crippen molar-refractivity contribution in [3.05, 3.63) is 34.6 Å². The van der Waals surface area contributed by atoms with Gasteiger partial charge in [-0.05, 0) is 0 Å². The fraction of sp³-hybridized carbons (Fsp3) is 0.706. The third kappa shape index (κ3) is 30.4. The number of pyridine rings is 1. The summed E-state index contributed by atoms with van der Waals surface area (Å²) >= 11 is 1.41. The van der Waals surface area contributed by atoms with E-state index in [1.54, 1.807) is 0 Å². The molecule has 27 heavy (non-hydrogen) atoms. The van der Waals surface area contributed by atoms with Crippen molar-refractivity contribution in [3.63, 3.8) is 0 Å². The Morgan fingerprint density at radius 3 is 1.63 bits per heavy atom. The molecule has 10 heteroatoms. The Morgan fingerprint density at radius 2 is 1.33 bits per heavy atom. The fourth-order valence-corrected chi connectivity index (χ4v) is 2.70. The summed E-state index contributed by atoms with van der Waals surface area (Å²) in [4.78, 5) is 13.1. The molecule has 8 nitrogen and oxygen atoms in total. The molecule has 1 rings (SSSR count). The fourth-order valence-electron chi connectivity index (χ4n) is 2.20. The van der Waals surface area contributed by atoms with E-state index in [4.69, 9.17) is 17.5 Å². The van der Waals surface area contributed by atoms with Crippen LogP contribution in [-0.2, 0) is 10.4 Å². The number of hydrogen-bond donors (Lipinski definition) is 2. The van der Waals surface area contributed by atoms with Gasteiger partial charge >= 0.3 is 113 Å². The number of hydrogen-bond acceptors (Lipinski definition) is 5. The van der Waals surface area contributed by atoms with Crippen LogP contribution in [0.2, 0.25) is 3.67 Å². The van der Waals surface area contributed by atoms with Gasteiger partial charge in [0.05, 0.1) is 4.92 Å². The number of unbranched alkanes of at least 4 members (excludes halogenated alkanes) is 9. The molecule has 0 spiro atoms. The first-order valence-electron chi connectivity index (χ1n) is 9.46. The van der Waals surface area contributed by atoms with Crippen LogP contribution in [0.25, 0.3) is 0 Å². The molecule has 0 aliphatic rings. The minimum Gasteiger partial charge on any atom is -0.264 e. The molecule has 0 saturated carbocycles. The number of aromatic nitrogens is 1. The SMILES string of the molecule is CCCCCCCCCCC[CH2][Na].O=S(=O)(O)O.O=[N+]([O-])c1ccncc1. The molecule has 152 valence electrons. The van der Waals surface area contributed by atoms with Gasteiger partial charge in [-0.3, -0.25) is 24.2 Å². The molecule has 0 fully saturated rings. The van der Waals surface area contributed by atoms with E-state index in [1.165, 1.54) is 120 Å². The number of rotatable bonds is 11. The van der Waals surface area contributed by atoms with Crippen LogP contribution in [-0.4, -0.2) is 55.4 Å². The van der Waals surface area contributed by atoms with E-state index in [-0.39, 0.29) is 5.69 Å². The van der Waals surface area contributed by atoms with Gasteiger partial charge in [0.15, 0.2) is 0 Å². The largest absolute Gasteiger partial charge is 0.394 e. The van der Waals surface area contributed by atoms with Crippen molar-refractivity contribution in [1.29, 1.82) is 0 Å². The normalized spacial score (nSPS) is 10.3. The van der Waals surface area contributed by atoms with E-state index >= 15 is 0 Å². The quantitative estimate of drug-likeness (QED) is 0.174. The van der Waals surface area contributed by atoms with Crippen molar-refractivity contribution in [2.45, 2.75) is 74.8 Å². The van der Waals surface area contributed by atoms with Gasteiger partial charge in [0.1, 0.15) is 0 Å². The zero-order chi connectivity index (χ0) is 21.0. The molecule has 0 unspecified atom stereocenters. The first kappa shape index (κ1) is 28.6. The summed E-state index contributed by atoms with van der Waals surface area (Å²) in [6.45, 7) is 2.29. The Kier molecular flexibility index (Phi) is 21.4. The van der Waals surface area contributed by atoms with Gasteiger partial charge in [0.2, 0.25) is 0 Å². The predicted octanol–water partition coefficient (Wildman–Crippen LogP) is 4.83. The zero-order valence-corrected chi connectivity index (χ0v) is 19.2. The first-order chi connectivity index (χ1) is 12.7. The minimum atomic E-state index is -4.67. The Morgan fingerprint density at radius 1 is 0.963 bits per heavy atom. The van der Waals surface area contributed by atoms with Crippen LogP contribution in [0.5, 0.6) is 0 Å². The first-order valence-corrected chi connectivity index (χ1v) is 12.3. The smallest absolute Gasteiger partial charge is 0.264 e. The maximum Gasteiger partial charge on any atom is 0.394 e. The number of nitrogens with zero attached hydrogens (tertiary/aromatic N) is 2. The van der Waals surface area contributed by atoms with Crippen molar-refractivity contribution in [1.82, 2.24) is 4.98 Å². The minimum absolute atomic E-state index is 0.0741. The van der Waals surface area contributed by atoms with E-state index in [1.807, 2.05) is 0 Å². The van der Waals surface area contributed by atoms with E-state index in [2.05, 4.69) is 11.9 Å². The molecule has 0 saturated heterocycles. The Hall–Kier alpha value is -0.580. The average molecular weight is 415 g/mol. The molecule has 1 aromatic rings. The van der Waals surface area contributed by atoms with Crippen molar-refractivity contribution in [2.75, 3.05) is 0 Å². The summed E-state index contributed by atoms with van der Waals surface area (Å²) in [5.74, 6) is 0. The second-order valence-electron chi connectivity index (χ2n) is 6.09. The van der Waals surface area contributed by atoms with Crippen LogP contribution in [0.15, 0.2) is 24.5 Å². The summed E-state index contributed by atoms with van der Waals surface area (Å²) < 4.78 is 33.1. The van der Waals surface area contributed by atoms with Gasteiger partial charge in [-0.2, -0.15) is 8.42 Å². The molecule has 0 radical (unpaired) electrons. The topological polar surface area (TPSA) is 131 Å². The van der Waals surface area contributed by atoms with Gasteiger partial charge in [-0.25, -0.2) is 0 Å². The zero-order valence-electron chi connectivity index (χ0n) is 16.4. The maximum absolute atomic E-state index is 9.98. The third-order valence-electron chi connectivity index (χ3n) is 3.58. The Labute approximate surface area is 180 Å². The second-order valence-corrected chi connectivity index (χ2v) is 7.99. The Bertz CT molecular complexity index is 540. The van der Waals surface area contributed by atoms with E-state index in [0.29, 0.717) is 0 Å². The monoisotopic (exact) mass is 414 g/mol. The second kappa shape index (κ2) is 20.2. The molecular weight excluding hydrogens is 383 g/mol. The molecular formula is C17H31N2NaO6S. The molecule has 0 amide bonds. The van der Waals surface area contributed by atoms with E-state index in [0.717, 1.165) is 0 Å². The molecule has 0 aromatic carbocycles.